The van der Waals surface area contributed by atoms with Crippen LogP contribution < -0.4 is 14.8 Å². The van der Waals surface area contributed by atoms with Crippen molar-refractivity contribution in [3.63, 3.8) is 0 Å². The molecule has 3 aromatic rings. The average molecular weight is 681 g/mol. The Bertz CT molecular complexity index is 1620. The minimum atomic E-state index is -3.93. The molecule has 3 N–H and O–H groups in total. The van der Waals surface area contributed by atoms with Crippen LogP contribution in [0.2, 0.25) is 0 Å². The number of urea groups is 1. The fourth-order valence-corrected chi connectivity index (χ4v) is 6.52. The lowest BCUT2D eigenvalue weighted by Crippen LogP contribution is -2.48. The predicted octanol–water partition coefficient (Wildman–Crippen LogP) is 5.76. The number of ether oxygens (including phenoxy) is 2. The molecule has 48 heavy (non-hydrogen) atoms. The summed E-state index contributed by atoms with van der Waals surface area (Å²) in [7, 11) is -2.23. The topological polar surface area (TPSA) is 138 Å². The van der Waals surface area contributed by atoms with Crippen LogP contribution in [0, 0.1) is 12.8 Å². The first-order valence-corrected chi connectivity index (χ1v) is 17.9. The van der Waals surface area contributed by atoms with Gasteiger partial charge in [-0.2, -0.15) is 0 Å². The number of aliphatic hydroxyl groups is 1. The zero-order valence-corrected chi connectivity index (χ0v) is 29.2. The van der Waals surface area contributed by atoms with E-state index >= 15 is 0 Å². The van der Waals surface area contributed by atoms with Crippen LogP contribution in [0.5, 0.6) is 5.75 Å². The first-order chi connectivity index (χ1) is 22.9. The summed E-state index contributed by atoms with van der Waals surface area (Å²) in [6.45, 7) is 8.15. The summed E-state index contributed by atoms with van der Waals surface area (Å²) in [5, 5.41) is 13.1. The lowest BCUT2D eigenvalue weighted by atomic mass is 10.0. The van der Waals surface area contributed by atoms with Crippen molar-refractivity contribution in [1.29, 1.82) is 0 Å². The third kappa shape index (κ3) is 9.94. The Morgan fingerprint density at radius 2 is 1.75 bits per heavy atom. The van der Waals surface area contributed by atoms with Gasteiger partial charge in [-0.3, -0.25) is 9.52 Å². The maximum atomic E-state index is 14.4. The van der Waals surface area contributed by atoms with E-state index in [-0.39, 0.29) is 53.9 Å². The van der Waals surface area contributed by atoms with Crippen molar-refractivity contribution in [3.8, 4) is 5.75 Å². The van der Waals surface area contributed by atoms with Crippen molar-refractivity contribution < 1.29 is 32.6 Å². The Balaban J connectivity index is 1.63. The number of fused-ring (bicyclic) bond motifs is 1. The molecular formula is C36H48N4O7S. The quantitative estimate of drug-likeness (QED) is 0.275. The number of hydrogen-bond donors (Lipinski definition) is 3. The van der Waals surface area contributed by atoms with Gasteiger partial charge in [-0.25, -0.2) is 13.2 Å². The molecule has 0 aromatic heterocycles. The molecule has 3 amide bonds. The summed E-state index contributed by atoms with van der Waals surface area (Å²) in [4.78, 5) is 30.6. The zero-order valence-electron chi connectivity index (χ0n) is 28.4. The van der Waals surface area contributed by atoms with Gasteiger partial charge in [-0.05, 0) is 82.5 Å². The highest BCUT2D eigenvalue weighted by Crippen LogP contribution is 2.29. The van der Waals surface area contributed by atoms with Gasteiger partial charge >= 0.3 is 6.03 Å². The van der Waals surface area contributed by atoms with Gasteiger partial charge < -0.3 is 29.7 Å². The molecule has 1 aliphatic rings. The van der Waals surface area contributed by atoms with Gasteiger partial charge in [-0.1, -0.05) is 42.8 Å². The molecule has 1 aliphatic heterocycles. The second-order valence-electron chi connectivity index (χ2n) is 12.6. The predicted molar refractivity (Wildman–Crippen MR) is 187 cm³/mol. The van der Waals surface area contributed by atoms with Crippen molar-refractivity contribution in [3.05, 3.63) is 83.9 Å². The second-order valence-corrected chi connectivity index (χ2v) is 14.3. The molecule has 0 radical (unpaired) electrons. The molecule has 0 unspecified atom stereocenters. The van der Waals surface area contributed by atoms with E-state index < -0.39 is 28.1 Å². The summed E-state index contributed by atoms with van der Waals surface area (Å²) in [6.07, 6.45) is 1.65. The van der Waals surface area contributed by atoms with E-state index in [4.69, 9.17) is 9.47 Å². The first kappa shape index (κ1) is 36.7. The summed E-state index contributed by atoms with van der Waals surface area (Å²) >= 11 is 0. The minimum absolute atomic E-state index is 0.0993. The Labute approximate surface area is 284 Å². The summed E-state index contributed by atoms with van der Waals surface area (Å²) in [6, 6.07) is 19.5. The van der Waals surface area contributed by atoms with E-state index in [9.17, 15) is 23.1 Å². The molecular weight excluding hydrogens is 632 g/mol. The number of rotatable bonds is 8. The van der Waals surface area contributed by atoms with Crippen LogP contribution in [0.3, 0.4) is 0 Å². The molecule has 0 saturated heterocycles. The minimum Gasteiger partial charge on any atom is -0.490 e. The van der Waals surface area contributed by atoms with Crippen LogP contribution in [0.25, 0.3) is 0 Å². The Kier molecular flexibility index (Phi) is 12.9. The number of anilines is 2. The molecule has 0 bridgehead atoms. The molecule has 260 valence electrons. The third-order valence-corrected chi connectivity index (χ3v) is 9.86. The smallest absolute Gasteiger partial charge is 0.321 e. The SMILES string of the molecule is Cc1ccc(S(=O)(=O)Nc2ccc3c(c2)C(=O)N([C@@H](C)CO)C[C@H](C)[C@H](CN(C)C(=O)Nc2ccccc2)OCCCC[C@H](C)O3)cc1. The van der Waals surface area contributed by atoms with Gasteiger partial charge in [0.2, 0.25) is 0 Å². The molecule has 4 atom stereocenters. The van der Waals surface area contributed by atoms with E-state index in [2.05, 4.69) is 10.0 Å². The number of carbonyl (C=O) groups excluding carboxylic acids is 2. The van der Waals surface area contributed by atoms with E-state index in [0.29, 0.717) is 24.5 Å². The third-order valence-electron chi connectivity index (χ3n) is 8.46. The van der Waals surface area contributed by atoms with Crippen LogP contribution >= 0.6 is 0 Å². The van der Waals surface area contributed by atoms with Crippen LogP contribution in [-0.4, -0.2) is 86.9 Å². The van der Waals surface area contributed by atoms with Crippen molar-refractivity contribution in [2.75, 3.05) is 43.4 Å². The normalized spacial score (nSPS) is 20.1. The number of nitrogens with zero attached hydrogens (tertiary/aromatic N) is 2. The maximum absolute atomic E-state index is 14.4. The highest BCUT2D eigenvalue weighted by atomic mass is 32.2. The average Bonchev–Trinajstić information content (AvgIpc) is 3.06. The number of sulfonamides is 1. The molecule has 12 heteroatoms. The van der Waals surface area contributed by atoms with E-state index in [1.165, 1.54) is 18.2 Å². The monoisotopic (exact) mass is 680 g/mol. The van der Waals surface area contributed by atoms with Gasteiger partial charge in [0.15, 0.2) is 0 Å². The van der Waals surface area contributed by atoms with Crippen LogP contribution in [0.4, 0.5) is 16.2 Å². The van der Waals surface area contributed by atoms with Crippen molar-refractivity contribution >= 4 is 33.3 Å². The molecule has 0 saturated carbocycles. The molecule has 3 aromatic carbocycles. The highest BCUT2D eigenvalue weighted by Gasteiger charge is 2.31. The maximum Gasteiger partial charge on any atom is 0.321 e. The van der Waals surface area contributed by atoms with Gasteiger partial charge in [0.05, 0.1) is 35.3 Å². The molecule has 0 aliphatic carbocycles. The Morgan fingerprint density at radius 3 is 2.44 bits per heavy atom. The lowest BCUT2D eigenvalue weighted by Gasteiger charge is -2.35. The fourth-order valence-electron chi connectivity index (χ4n) is 5.47. The van der Waals surface area contributed by atoms with E-state index in [1.807, 2.05) is 51.1 Å². The Hall–Kier alpha value is -4.13. The van der Waals surface area contributed by atoms with Gasteiger partial charge in [0.25, 0.3) is 15.9 Å². The fraction of sp³-hybridized carbons (Fsp3) is 0.444. The van der Waals surface area contributed by atoms with E-state index in [0.717, 1.165) is 18.4 Å². The van der Waals surface area contributed by atoms with Crippen molar-refractivity contribution in [2.45, 2.75) is 70.1 Å². The molecule has 0 spiro atoms. The van der Waals surface area contributed by atoms with E-state index in [1.54, 1.807) is 48.0 Å². The largest absolute Gasteiger partial charge is 0.490 e. The number of aliphatic hydroxyl groups excluding tert-OH is 1. The van der Waals surface area contributed by atoms with Crippen molar-refractivity contribution in [2.24, 2.45) is 5.92 Å². The number of nitrogens with one attached hydrogen (secondary N) is 2. The van der Waals surface area contributed by atoms with Crippen LogP contribution in [0.1, 0.15) is 56.0 Å². The molecule has 4 rings (SSSR count). The number of carbonyl (C=O) groups is 2. The number of para-hydroxylation sites is 1. The van der Waals surface area contributed by atoms with Gasteiger partial charge in [0.1, 0.15) is 5.75 Å². The number of likely N-dealkylation sites (N-methyl/N-ethyl adjacent to an activating group) is 1. The number of benzene rings is 3. The Morgan fingerprint density at radius 1 is 1.04 bits per heavy atom. The number of hydrogen-bond acceptors (Lipinski definition) is 7. The second kappa shape index (κ2) is 16.8. The zero-order chi connectivity index (χ0) is 34.8. The van der Waals surface area contributed by atoms with Gasteiger partial charge in [-0.15, -0.1) is 0 Å². The lowest BCUT2D eigenvalue weighted by molar-refractivity contribution is -0.0115. The molecule has 1 heterocycles. The molecule has 11 nitrogen and oxygen atoms in total. The summed E-state index contributed by atoms with van der Waals surface area (Å²) in [5.74, 6) is -0.340. The summed E-state index contributed by atoms with van der Waals surface area (Å²) < 4.78 is 41.6. The van der Waals surface area contributed by atoms with Gasteiger partial charge in [0, 0.05) is 44.0 Å². The standard InChI is InChI=1S/C36H48N4O7S/c1-25-14-17-31(18-15-25)48(44,45)38-30-16-19-33-32(21-30)35(42)40(27(3)24-41)22-26(2)34(46-20-10-9-11-28(4)47-33)23-39(5)36(43)37-29-12-7-6-8-13-29/h6-8,12-19,21,26-28,34,38,41H,9-11,20,22-24H2,1-5H3,(H,37,43)/t26-,27-,28-,34-/m0/s1. The molecule has 0 fully saturated rings. The van der Waals surface area contributed by atoms with Crippen LogP contribution in [0.15, 0.2) is 77.7 Å². The van der Waals surface area contributed by atoms with Crippen LogP contribution in [-0.2, 0) is 14.8 Å². The van der Waals surface area contributed by atoms with Crippen molar-refractivity contribution in [1.82, 2.24) is 9.80 Å². The highest BCUT2D eigenvalue weighted by molar-refractivity contribution is 7.92. The first-order valence-electron chi connectivity index (χ1n) is 16.4. The summed E-state index contributed by atoms with van der Waals surface area (Å²) in [5.41, 5.74) is 1.99. The number of aryl methyl sites for hydroxylation is 1. The number of amides is 3.